The third-order valence-electron chi connectivity index (χ3n) is 5.33. The fourth-order valence-corrected chi connectivity index (χ4v) is 3.84. The lowest BCUT2D eigenvalue weighted by atomic mass is 10.0. The van der Waals surface area contributed by atoms with Crippen molar-refractivity contribution in [3.8, 4) is 22.5 Å². The van der Waals surface area contributed by atoms with Crippen LogP contribution in [0.4, 0.5) is 13.2 Å². The molecule has 3 heterocycles. The average molecular weight is 406 g/mol. The van der Waals surface area contributed by atoms with Crippen LogP contribution in [0.2, 0.25) is 0 Å². The molecule has 7 heteroatoms. The number of nitrogens with zero attached hydrogens (tertiary/aromatic N) is 4. The van der Waals surface area contributed by atoms with Crippen molar-refractivity contribution in [3.63, 3.8) is 0 Å². The summed E-state index contributed by atoms with van der Waals surface area (Å²) in [6.07, 6.45) is -2.63. The molecular weight excluding hydrogens is 389 g/mol. The first-order valence-corrected chi connectivity index (χ1v) is 9.39. The standard InChI is InChI=1S/C23H17F3N4/c1-29-11-10-14-8-9-16(12-19(14)29)18-13-17(23(24,25)26)20-21(15-6-4-3-5-7-15)28-30(2)22(20)27-18/h3-13H,1-2H3. The third-order valence-corrected chi connectivity index (χ3v) is 5.33. The van der Waals surface area contributed by atoms with Crippen LogP contribution in [0, 0.1) is 0 Å². The van der Waals surface area contributed by atoms with Gasteiger partial charge in [0.1, 0.15) is 5.69 Å². The Kier molecular flexibility index (Phi) is 3.96. The second-order valence-corrected chi connectivity index (χ2v) is 7.29. The maximum atomic E-state index is 14.1. The zero-order valence-electron chi connectivity index (χ0n) is 16.3. The Hall–Kier alpha value is -3.61. The Bertz CT molecular complexity index is 1400. The van der Waals surface area contributed by atoms with Gasteiger partial charge in [0.2, 0.25) is 0 Å². The highest BCUT2D eigenvalue weighted by molar-refractivity contribution is 5.96. The molecule has 3 aromatic heterocycles. The summed E-state index contributed by atoms with van der Waals surface area (Å²) in [4.78, 5) is 4.58. The first-order valence-electron chi connectivity index (χ1n) is 9.39. The Labute approximate surface area is 170 Å². The highest BCUT2D eigenvalue weighted by Crippen LogP contribution is 2.40. The van der Waals surface area contributed by atoms with E-state index in [1.807, 2.05) is 42.1 Å². The number of hydrogen-bond donors (Lipinski definition) is 0. The highest BCUT2D eigenvalue weighted by Gasteiger charge is 2.36. The normalized spacial score (nSPS) is 12.2. The summed E-state index contributed by atoms with van der Waals surface area (Å²) in [6.45, 7) is 0. The molecule has 0 N–H and O–H groups in total. The van der Waals surface area contributed by atoms with Gasteiger partial charge in [-0.15, -0.1) is 0 Å². The van der Waals surface area contributed by atoms with E-state index >= 15 is 0 Å². The summed E-state index contributed by atoms with van der Waals surface area (Å²) in [7, 11) is 3.52. The molecule has 0 spiro atoms. The molecule has 0 aliphatic heterocycles. The van der Waals surface area contributed by atoms with Crippen molar-refractivity contribution in [2.75, 3.05) is 0 Å². The van der Waals surface area contributed by atoms with Crippen molar-refractivity contribution in [3.05, 3.63) is 72.4 Å². The summed E-state index contributed by atoms with van der Waals surface area (Å²) in [6, 6.07) is 17.5. The summed E-state index contributed by atoms with van der Waals surface area (Å²) < 4.78 is 45.7. The number of halogens is 3. The lowest BCUT2D eigenvalue weighted by Gasteiger charge is -2.12. The van der Waals surface area contributed by atoms with Gasteiger partial charge in [-0.3, -0.25) is 0 Å². The van der Waals surface area contributed by atoms with E-state index in [1.54, 1.807) is 37.4 Å². The SMILES string of the molecule is Cn1ccc2ccc(-c3cc(C(F)(F)F)c4c(-c5ccccc5)nn(C)c4n3)cc21. The molecule has 0 atom stereocenters. The molecule has 4 nitrogen and oxygen atoms in total. The molecule has 30 heavy (non-hydrogen) atoms. The third kappa shape index (κ3) is 2.85. The van der Waals surface area contributed by atoms with E-state index in [2.05, 4.69) is 10.1 Å². The second kappa shape index (κ2) is 6.45. The number of hydrogen-bond acceptors (Lipinski definition) is 2. The van der Waals surface area contributed by atoms with Crippen LogP contribution in [0.3, 0.4) is 0 Å². The maximum Gasteiger partial charge on any atom is 0.417 e. The first-order chi connectivity index (χ1) is 14.3. The first kappa shape index (κ1) is 18.4. The van der Waals surface area contributed by atoms with E-state index in [9.17, 15) is 13.2 Å². The van der Waals surface area contributed by atoms with E-state index in [1.165, 1.54) is 4.68 Å². The van der Waals surface area contributed by atoms with Crippen molar-refractivity contribution < 1.29 is 13.2 Å². The molecular formula is C23H17F3N4. The second-order valence-electron chi connectivity index (χ2n) is 7.29. The number of pyridine rings is 1. The smallest absolute Gasteiger partial charge is 0.351 e. The molecule has 0 amide bonds. The number of rotatable bonds is 2. The predicted molar refractivity (Wildman–Crippen MR) is 111 cm³/mol. The summed E-state index contributed by atoms with van der Waals surface area (Å²) >= 11 is 0. The predicted octanol–water partition coefficient (Wildman–Crippen LogP) is 5.81. The van der Waals surface area contributed by atoms with Crippen LogP contribution in [-0.4, -0.2) is 19.3 Å². The van der Waals surface area contributed by atoms with Gasteiger partial charge >= 0.3 is 6.18 Å². The van der Waals surface area contributed by atoms with E-state index in [-0.39, 0.29) is 22.4 Å². The quantitative estimate of drug-likeness (QED) is 0.371. The minimum absolute atomic E-state index is 0.0138. The van der Waals surface area contributed by atoms with Crippen molar-refractivity contribution in [2.24, 2.45) is 14.1 Å². The van der Waals surface area contributed by atoms with Crippen molar-refractivity contribution >= 4 is 21.9 Å². The Morgan fingerprint density at radius 3 is 2.37 bits per heavy atom. The Morgan fingerprint density at radius 1 is 0.867 bits per heavy atom. The van der Waals surface area contributed by atoms with Crippen LogP contribution in [0.1, 0.15) is 5.56 Å². The molecule has 5 aromatic rings. The molecule has 150 valence electrons. The molecule has 0 bridgehead atoms. The van der Waals surface area contributed by atoms with Crippen LogP contribution < -0.4 is 0 Å². The number of benzene rings is 2. The number of alkyl halides is 3. The molecule has 0 aliphatic carbocycles. The van der Waals surface area contributed by atoms with Crippen LogP contribution >= 0.6 is 0 Å². The largest absolute Gasteiger partial charge is 0.417 e. The van der Waals surface area contributed by atoms with E-state index in [0.29, 0.717) is 11.1 Å². The molecule has 5 rings (SSSR count). The molecule has 0 unspecified atom stereocenters. The highest BCUT2D eigenvalue weighted by atomic mass is 19.4. The van der Waals surface area contributed by atoms with Crippen molar-refractivity contribution in [1.29, 1.82) is 0 Å². The fourth-order valence-electron chi connectivity index (χ4n) is 3.84. The van der Waals surface area contributed by atoms with Crippen LogP contribution in [0.25, 0.3) is 44.5 Å². The Morgan fingerprint density at radius 2 is 1.63 bits per heavy atom. The summed E-state index contributed by atoms with van der Waals surface area (Å²) in [5.74, 6) is 0. The van der Waals surface area contributed by atoms with Gasteiger partial charge in [-0.25, -0.2) is 9.67 Å². The van der Waals surface area contributed by atoms with Gasteiger partial charge in [0.05, 0.1) is 16.6 Å². The van der Waals surface area contributed by atoms with Gasteiger partial charge < -0.3 is 4.57 Å². The summed E-state index contributed by atoms with van der Waals surface area (Å²) in [5, 5.41) is 5.41. The van der Waals surface area contributed by atoms with Gasteiger partial charge in [-0.2, -0.15) is 18.3 Å². The molecule has 0 aliphatic rings. The zero-order chi connectivity index (χ0) is 21.0. The summed E-state index contributed by atoms with van der Waals surface area (Å²) in [5.41, 5.74) is 2.18. The number of fused-ring (bicyclic) bond motifs is 2. The van der Waals surface area contributed by atoms with E-state index in [0.717, 1.165) is 17.0 Å². The fraction of sp³-hybridized carbons (Fsp3) is 0.130. The number of aromatic nitrogens is 4. The minimum atomic E-state index is -4.54. The Balaban J connectivity index is 1.81. The lowest BCUT2D eigenvalue weighted by molar-refractivity contribution is -0.136. The van der Waals surface area contributed by atoms with Crippen LogP contribution in [-0.2, 0) is 20.3 Å². The molecule has 0 saturated heterocycles. The number of aryl methyl sites for hydroxylation is 2. The molecule has 0 radical (unpaired) electrons. The van der Waals surface area contributed by atoms with Crippen molar-refractivity contribution in [2.45, 2.75) is 6.18 Å². The lowest BCUT2D eigenvalue weighted by Crippen LogP contribution is -2.07. The maximum absolute atomic E-state index is 14.1. The van der Waals surface area contributed by atoms with E-state index in [4.69, 9.17) is 0 Å². The van der Waals surface area contributed by atoms with Gasteiger partial charge in [0.15, 0.2) is 5.65 Å². The van der Waals surface area contributed by atoms with E-state index < -0.39 is 11.7 Å². The van der Waals surface area contributed by atoms with Gasteiger partial charge in [0, 0.05) is 36.9 Å². The topological polar surface area (TPSA) is 35.6 Å². The van der Waals surface area contributed by atoms with Crippen molar-refractivity contribution in [1.82, 2.24) is 19.3 Å². The van der Waals surface area contributed by atoms with Gasteiger partial charge in [-0.1, -0.05) is 42.5 Å². The molecule has 2 aromatic carbocycles. The van der Waals surface area contributed by atoms with Gasteiger partial charge in [-0.05, 0) is 23.6 Å². The average Bonchev–Trinajstić information content (AvgIpc) is 3.27. The van der Waals surface area contributed by atoms with Crippen LogP contribution in [0.5, 0.6) is 0 Å². The molecule has 0 saturated carbocycles. The van der Waals surface area contributed by atoms with Gasteiger partial charge in [0.25, 0.3) is 0 Å². The monoisotopic (exact) mass is 406 g/mol. The minimum Gasteiger partial charge on any atom is -0.351 e. The van der Waals surface area contributed by atoms with Crippen LogP contribution in [0.15, 0.2) is 66.9 Å². The molecule has 0 fully saturated rings. The zero-order valence-corrected chi connectivity index (χ0v) is 16.3.